The summed E-state index contributed by atoms with van der Waals surface area (Å²) in [4.78, 5) is 67.8. The number of hydrogen-bond acceptors (Lipinski definition) is 10. The fourth-order valence-electron chi connectivity index (χ4n) is 5.37. The summed E-state index contributed by atoms with van der Waals surface area (Å²) in [5.41, 5.74) is -0.692. The van der Waals surface area contributed by atoms with E-state index in [0.29, 0.717) is 5.69 Å². The molecule has 2 saturated heterocycles. The Balaban J connectivity index is 1.56. The van der Waals surface area contributed by atoms with Crippen LogP contribution >= 0.6 is 0 Å². The maximum atomic E-state index is 13.6. The topological polar surface area (TPSA) is 178 Å². The Kier molecular flexibility index (Phi) is 8.59. The number of carboxylic acid groups (broad SMARTS) is 1. The Hall–Kier alpha value is -4.10. The van der Waals surface area contributed by atoms with Crippen LogP contribution < -0.4 is 5.32 Å². The number of pyridine rings is 1. The number of hydrogen-bond donors (Lipinski definition) is 3. The van der Waals surface area contributed by atoms with Gasteiger partial charge < -0.3 is 29.5 Å². The lowest BCUT2D eigenvalue weighted by Gasteiger charge is -2.46. The van der Waals surface area contributed by atoms with Gasteiger partial charge in [-0.25, -0.2) is 4.98 Å². The van der Waals surface area contributed by atoms with Crippen molar-refractivity contribution in [1.29, 1.82) is 0 Å². The van der Waals surface area contributed by atoms with Gasteiger partial charge in [0.05, 0.1) is 24.6 Å². The van der Waals surface area contributed by atoms with Crippen molar-refractivity contribution in [2.24, 2.45) is 5.92 Å². The number of aliphatic carboxylic acids is 1. The summed E-state index contributed by atoms with van der Waals surface area (Å²) in [6.07, 6.45) is -2.98. The summed E-state index contributed by atoms with van der Waals surface area (Å²) in [5.74, 6) is -5.71. The molecule has 0 radical (unpaired) electrons. The normalized spacial score (nSPS) is 23.7. The van der Waals surface area contributed by atoms with Crippen LogP contribution in [0.25, 0.3) is 11.3 Å². The second-order valence-electron chi connectivity index (χ2n) is 11.0. The van der Waals surface area contributed by atoms with E-state index in [0.717, 1.165) is 5.56 Å². The SMILES string of the molecule is CC(C)CC(CC(=O)[C@@H](NC(=O)c1cccc(-c2ccccc2)n1)[C@@H](C)O)[B-]12OC(=O)CC(CC(=O)O)(O1)C(=O)O2. The Bertz CT molecular complexity index is 1350. The van der Waals surface area contributed by atoms with E-state index < -0.39 is 79.2 Å². The third-order valence-corrected chi connectivity index (χ3v) is 7.18. The number of rotatable bonds is 12. The molecule has 2 aromatic rings. The molecular formula is C28H32BN2O10-. The van der Waals surface area contributed by atoms with E-state index in [-0.39, 0.29) is 18.0 Å². The quantitative estimate of drug-likeness (QED) is 0.321. The van der Waals surface area contributed by atoms with Gasteiger partial charge in [-0.05, 0) is 31.4 Å². The number of ketones is 1. The molecule has 0 aliphatic carbocycles. The number of aliphatic hydroxyl groups excluding tert-OH is 1. The number of fused-ring (bicyclic) bond motifs is 2. The number of carbonyl (C=O) groups is 5. The van der Waals surface area contributed by atoms with Crippen LogP contribution in [-0.4, -0.2) is 69.3 Å². The molecule has 4 rings (SSSR count). The maximum Gasteiger partial charge on any atom is 0.499 e. The third kappa shape index (κ3) is 6.46. The molecule has 41 heavy (non-hydrogen) atoms. The molecular weight excluding hydrogens is 535 g/mol. The van der Waals surface area contributed by atoms with Crippen LogP contribution in [0.5, 0.6) is 0 Å². The third-order valence-electron chi connectivity index (χ3n) is 7.18. The molecule has 13 heteroatoms. The first kappa shape index (κ1) is 29.9. The summed E-state index contributed by atoms with van der Waals surface area (Å²) in [7, 11) is 0. The van der Waals surface area contributed by atoms with Gasteiger partial charge in [0, 0.05) is 5.56 Å². The number of amides is 1. The molecule has 12 nitrogen and oxygen atoms in total. The van der Waals surface area contributed by atoms with Gasteiger partial charge in [-0.15, -0.1) is 0 Å². The average molecular weight is 567 g/mol. The zero-order valence-electron chi connectivity index (χ0n) is 22.9. The highest BCUT2D eigenvalue weighted by Gasteiger charge is 2.64. The van der Waals surface area contributed by atoms with Crippen molar-refractivity contribution in [2.75, 3.05) is 0 Å². The van der Waals surface area contributed by atoms with Gasteiger partial charge in [0.15, 0.2) is 5.78 Å². The number of aromatic nitrogens is 1. The fourth-order valence-corrected chi connectivity index (χ4v) is 5.37. The Labute approximate surface area is 236 Å². The molecule has 1 aromatic carbocycles. The highest BCUT2D eigenvalue weighted by molar-refractivity contribution is 6.68. The van der Waals surface area contributed by atoms with E-state index in [4.69, 9.17) is 14.0 Å². The molecule has 0 saturated carbocycles. The Morgan fingerprint density at radius 2 is 1.76 bits per heavy atom. The van der Waals surface area contributed by atoms with Gasteiger partial charge in [-0.1, -0.05) is 62.5 Å². The molecule has 218 valence electrons. The Morgan fingerprint density at radius 1 is 1.05 bits per heavy atom. The monoisotopic (exact) mass is 567 g/mol. The predicted octanol–water partition coefficient (Wildman–Crippen LogP) is 2.28. The molecule has 1 aromatic heterocycles. The first-order chi connectivity index (χ1) is 19.3. The second kappa shape index (κ2) is 11.8. The second-order valence-corrected chi connectivity index (χ2v) is 11.0. The molecule has 2 aliphatic heterocycles. The van der Waals surface area contributed by atoms with Gasteiger partial charge in [-0.2, -0.15) is 0 Å². The van der Waals surface area contributed by atoms with Crippen LogP contribution in [0.15, 0.2) is 48.5 Å². The average Bonchev–Trinajstić information content (AvgIpc) is 3.11. The molecule has 0 spiro atoms. The summed E-state index contributed by atoms with van der Waals surface area (Å²) in [6, 6.07) is 12.7. The smallest absolute Gasteiger partial charge is 0.499 e. The summed E-state index contributed by atoms with van der Waals surface area (Å²) in [5, 5.41) is 22.3. The molecule has 3 unspecified atom stereocenters. The van der Waals surface area contributed by atoms with Crippen molar-refractivity contribution in [1.82, 2.24) is 10.3 Å². The van der Waals surface area contributed by atoms with Crippen molar-refractivity contribution < 1.29 is 48.1 Å². The van der Waals surface area contributed by atoms with Gasteiger partial charge >= 0.3 is 12.7 Å². The summed E-state index contributed by atoms with van der Waals surface area (Å²) >= 11 is 0. The highest BCUT2D eigenvalue weighted by atomic mass is 16.8. The van der Waals surface area contributed by atoms with Crippen molar-refractivity contribution in [3.8, 4) is 11.3 Å². The maximum absolute atomic E-state index is 13.6. The zero-order chi connectivity index (χ0) is 29.9. The molecule has 2 aliphatic rings. The van der Waals surface area contributed by atoms with E-state index in [2.05, 4.69) is 10.3 Å². The van der Waals surface area contributed by atoms with Crippen LogP contribution in [0.4, 0.5) is 0 Å². The van der Waals surface area contributed by atoms with Gasteiger partial charge in [-0.3, -0.25) is 24.0 Å². The number of aliphatic hydroxyl groups is 1. The van der Waals surface area contributed by atoms with Crippen LogP contribution in [0.1, 0.15) is 56.9 Å². The first-order valence-electron chi connectivity index (χ1n) is 13.4. The highest BCUT2D eigenvalue weighted by Crippen LogP contribution is 2.48. The van der Waals surface area contributed by atoms with Crippen LogP contribution in [-0.2, 0) is 33.1 Å². The van der Waals surface area contributed by atoms with Crippen LogP contribution in [0.3, 0.4) is 0 Å². The minimum Gasteiger partial charge on any atom is -0.633 e. The largest absolute Gasteiger partial charge is 0.633 e. The fraction of sp³-hybridized carbons (Fsp3) is 0.429. The van der Waals surface area contributed by atoms with Crippen molar-refractivity contribution in [3.63, 3.8) is 0 Å². The van der Waals surface area contributed by atoms with Crippen molar-refractivity contribution >= 4 is 36.4 Å². The lowest BCUT2D eigenvalue weighted by atomic mass is 9.57. The molecule has 3 N–H and O–H groups in total. The number of carbonyl (C=O) groups excluding carboxylic acids is 4. The van der Waals surface area contributed by atoms with Crippen LogP contribution in [0, 0.1) is 5.92 Å². The molecule has 2 fully saturated rings. The lowest BCUT2D eigenvalue weighted by Crippen LogP contribution is -2.56. The van der Waals surface area contributed by atoms with E-state index in [9.17, 15) is 34.2 Å². The number of nitrogens with zero attached hydrogens (tertiary/aromatic N) is 1. The van der Waals surface area contributed by atoms with Crippen molar-refractivity contribution in [2.45, 2.75) is 70.0 Å². The molecule has 3 heterocycles. The minimum atomic E-state index is -3.18. The predicted molar refractivity (Wildman–Crippen MR) is 144 cm³/mol. The summed E-state index contributed by atoms with van der Waals surface area (Å²) in [6.45, 7) is 1.82. The number of benzene rings is 1. The van der Waals surface area contributed by atoms with E-state index >= 15 is 0 Å². The van der Waals surface area contributed by atoms with Gasteiger partial charge in [0.25, 0.3) is 17.8 Å². The molecule has 1 amide bonds. The van der Waals surface area contributed by atoms with E-state index in [1.807, 2.05) is 44.2 Å². The van der Waals surface area contributed by atoms with E-state index in [1.165, 1.54) is 13.0 Å². The number of nitrogens with one attached hydrogen (secondary N) is 1. The van der Waals surface area contributed by atoms with Crippen molar-refractivity contribution in [3.05, 3.63) is 54.2 Å². The summed E-state index contributed by atoms with van der Waals surface area (Å²) < 4.78 is 16.7. The molecule has 2 bridgehead atoms. The lowest BCUT2D eigenvalue weighted by molar-refractivity contribution is -0.160. The first-order valence-corrected chi connectivity index (χ1v) is 13.4. The number of carboxylic acids is 1. The molecule has 5 atom stereocenters. The Morgan fingerprint density at radius 3 is 2.39 bits per heavy atom. The van der Waals surface area contributed by atoms with Gasteiger partial charge in [0.1, 0.15) is 17.3 Å². The number of Topliss-reactive ketones (excluding diaryl/α,β-unsaturated/α-hetero) is 1. The van der Waals surface area contributed by atoms with E-state index in [1.54, 1.807) is 12.1 Å². The van der Waals surface area contributed by atoms with Gasteiger partial charge in [0.2, 0.25) is 0 Å². The van der Waals surface area contributed by atoms with Crippen LogP contribution in [0.2, 0.25) is 5.82 Å². The zero-order valence-corrected chi connectivity index (χ0v) is 22.9. The standard InChI is InChI=1S/C28H32BN2O10/c1-16(2)12-19(29-39-24(36)15-28(41-29,14-23(34)35)27(38)40-29)13-22(33)25(17(3)32)31-26(37)21-11-7-10-20(30-21)18-8-5-4-6-9-18/h4-11,16-17,19,25,32H,12-15H2,1-3H3,(H,31,37)(H,34,35)/q-1/t17-,19?,25+,28?,29?/m1/s1. The minimum absolute atomic E-state index is 0.0269.